The van der Waals surface area contributed by atoms with Crippen LogP contribution in [-0.2, 0) is 4.79 Å². The Morgan fingerprint density at radius 3 is 2.50 bits per heavy atom. The van der Waals surface area contributed by atoms with Gasteiger partial charge in [0.2, 0.25) is 0 Å². The zero-order chi connectivity index (χ0) is 12.1. The fourth-order valence-electron chi connectivity index (χ4n) is 1.06. The van der Waals surface area contributed by atoms with Crippen LogP contribution in [0.2, 0.25) is 0 Å². The number of non-ortho nitro benzene ring substituents is 1. The first-order valence-electron chi connectivity index (χ1n) is 4.72. The van der Waals surface area contributed by atoms with Crippen LogP contribution in [0.1, 0.15) is 6.92 Å². The second kappa shape index (κ2) is 5.11. The highest BCUT2D eigenvalue weighted by molar-refractivity contribution is 5.70. The van der Waals surface area contributed by atoms with Gasteiger partial charge in [0.15, 0.2) is 0 Å². The fourth-order valence-corrected chi connectivity index (χ4v) is 1.06. The Bertz CT molecular complexity index is 388. The third kappa shape index (κ3) is 3.23. The number of aliphatic carboxylic acids is 1. The molecule has 0 aliphatic rings. The van der Waals surface area contributed by atoms with Gasteiger partial charge in [-0.2, -0.15) is 0 Å². The monoisotopic (exact) mass is 224 g/mol. The van der Waals surface area contributed by atoms with Gasteiger partial charge in [0.1, 0.15) is 0 Å². The van der Waals surface area contributed by atoms with E-state index in [0.29, 0.717) is 5.69 Å². The first kappa shape index (κ1) is 12.0. The molecule has 0 bridgehead atoms. The summed E-state index contributed by atoms with van der Waals surface area (Å²) in [6.45, 7) is 1.87. The first-order valence-corrected chi connectivity index (χ1v) is 4.72. The minimum atomic E-state index is -0.880. The summed E-state index contributed by atoms with van der Waals surface area (Å²) in [5.74, 6) is -1.38. The van der Waals surface area contributed by atoms with Crippen LogP contribution in [0.3, 0.4) is 0 Å². The predicted octanol–water partition coefficient (Wildman–Crippen LogP) is 1.73. The number of nitro groups is 1. The lowest BCUT2D eigenvalue weighted by Gasteiger charge is -2.08. The largest absolute Gasteiger partial charge is 0.481 e. The Labute approximate surface area is 92.0 Å². The summed E-state index contributed by atoms with van der Waals surface area (Å²) in [6, 6.07) is 5.83. The van der Waals surface area contributed by atoms with Gasteiger partial charge in [-0.05, 0) is 12.1 Å². The molecule has 1 unspecified atom stereocenters. The summed E-state index contributed by atoms with van der Waals surface area (Å²) < 4.78 is 0. The highest BCUT2D eigenvalue weighted by Gasteiger charge is 2.10. The van der Waals surface area contributed by atoms with Crippen molar-refractivity contribution in [3.8, 4) is 0 Å². The number of rotatable bonds is 5. The van der Waals surface area contributed by atoms with Crippen LogP contribution >= 0.6 is 0 Å². The lowest BCUT2D eigenvalue weighted by Crippen LogP contribution is -2.19. The van der Waals surface area contributed by atoms with E-state index in [-0.39, 0.29) is 12.2 Å². The number of hydrogen-bond acceptors (Lipinski definition) is 4. The molecule has 0 fully saturated rings. The van der Waals surface area contributed by atoms with Crippen molar-refractivity contribution in [2.75, 3.05) is 11.9 Å². The van der Waals surface area contributed by atoms with E-state index in [4.69, 9.17) is 5.11 Å². The second-order valence-electron chi connectivity index (χ2n) is 3.42. The molecule has 1 aromatic rings. The van der Waals surface area contributed by atoms with E-state index in [1.807, 2.05) is 0 Å². The average Bonchev–Trinajstić information content (AvgIpc) is 2.26. The highest BCUT2D eigenvalue weighted by atomic mass is 16.6. The van der Waals surface area contributed by atoms with Crippen LogP contribution in [0.25, 0.3) is 0 Å². The molecule has 6 nitrogen and oxygen atoms in total. The number of carboxylic acid groups (broad SMARTS) is 1. The summed E-state index contributed by atoms with van der Waals surface area (Å²) in [7, 11) is 0. The van der Waals surface area contributed by atoms with Crippen molar-refractivity contribution in [3.05, 3.63) is 34.4 Å². The molecule has 16 heavy (non-hydrogen) atoms. The van der Waals surface area contributed by atoms with Gasteiger partial charge in [-0.3, -0.25) is 14.9 Å². The smallest absolute Gasteiger partial charge is 0.308 e. The zero-order valence-corrected chi connectivity index (χ0v) is 8.71. The van der Waals surface area contributed by atoms with E-state index in [1.54, 1.807) is 19.1 Å². The SMILES string of the molecule is CC(CNc1ccc([N+](=O)[O-])cc1)C(=O)O. The van der Waals surface area contributed by atoms with Crippen molar-refractivity contribution in [3.63, 3.8) is 0 Å². The molecular weight excluding hydrogens is 212 g/mol. The van der Waals surface area contributed by atoms with Gasteiger partial charge in [0.05, 0.1) is 10.8 Å². The maximum atomic E-state index is 10.5. The van der Waals surface area contributed by atoms with Gasteiger partial charge in [-0.15, -0.1) is 0 Å². The van der Waals surface area contributed by atoms with Crippen molar-refractivity contribution in [1.82, 2.24) is 0 Å². The molecule has 0 heterocycles. The highest BCUT2D eigenvalue weighted by Crippen LogP contribution is 2.15. The average molecular weight is 224 g/mol. The maximum absolute atomic E-state index is 10.5. The zero-order valence-electron chi connectivity index (χ0n) is 8.71. The third-order valence-corrected chi connectivity index (χ3v) is 2.11. The molecule has 86 valence electrons. The third-order valence-electron chi connectivity index (χ3n) is 2.11. The number of hydrogen-bond donors (Lipinski definition) is 2. The van der Waals surface area contributed by atoms with Crippen molar-refractivity contribution in [2.45, 2.75) is 6.92 Å². The molecule has 1 atom stereocenters. The van der Waals surface area contributed by atoms with Gasteiger partial charge in [0, 0.05) is 24.4 Å². The number of nitrogens with one attached hydrogen (secondary N) is 1. The summed E-state index contributed by atoms with van der Waals surface area (Å²) in [4.78, 5) is 20.4. The Hall–Kier alpha value is -2.11. The van der Waals surface area contributed by atoms with Crippen LogP contribution in [0, 0.1) is 16.0 Å². The molecule has 0 aromatic heterocycles. The molecular formula is C10H12N2O4. The summed E-state index contributed by atoms with van der Waals surface area (Å²) in [5.41, 5.74) is 0.676. The molecule has 0 spiro atoms. The predicted molar refractivity (Wildman–Crippen MR) is 58.4 cm³/mol. The summed E-state index contributed by atoms with van der Waals surface area (Å²) >= 11 is 0. The molecule has 0 radical (unpaired) electrons. The van der Waals surface area contributed by atoms with Gasteiger partial charge >= 0.3 is 5.97 Å². The topological polar surface area (TPSA) is 92.5 Å². The number of carboxylic acids is 1. The van der Waals surface area contributed by atoms with E-state index in [2.05, 4.69) is 5.32 Å². The maximum Gasteiger partial charge on any atom is 0.308 e. The lowest BCUT2D eigenvalue weighted by atomic mass is 10.2. The Balaban J connectivity index is 2.56. The standard InChI is InChI=1S/C10H12N2O4/c1-7(10(13)14)6-11-8-2-4-9(5-3-8)12(15)16/h2-5,7,11H,6H2,1H3,(H,13,14). The van der Waals surface area contributed by atoms with Crippen molar-refractivity contribution >= 4 is 17.3 Å². The van der Waals surface area contributed by atoms with E-state index in [1.165, 1.54) is 12.1 Å². The van der Waals surface area contributed by atoms with Gasteiger partial charge in [0.25, 0.3) is 5.69 Å². The second-order valence-corrected chi connectivity index (χ2v) is 3.42. The number of nitro benzene ring substituents is 1. The number of nitrogens with zero attached hydrogens (tertiary/aromatic N) is 1. The fraction of sp³-hybridized carbons (Fsp3) is 0.300. The quantitative estimate of drug-likeness (QED) is 0.586. The molecule has 1 aromatic carbocycles. The van der Waals surface area contributed by atoms with E-state index < -0.39 is 16.8 Å². The van der Waals surface area contributed by atoms with Crippen LogP contribution in [0.15, 0.2) is 24.3 Å². The van der Waals surface area contributed by atoms with Crippen molar-refractivity contribution in [1.29, 1.82) is 0 Å². The lowest BCUT2D eigenvalue weighted by molar-refractivity contribution is -0.384. The van der Waals surface area contributed by atoms with E-state index in [9.17, 15) is 14.9 Å². The molecule has 1 rings (SSSR count). The van der Waals surface area contributed by atoms with Crippen LogP contribution < -0.4 is 5.32 Å². The van der Waals surface area contributed by atoms with Crippen molar-refractivity contribution in [2.24, 2.45) is 5.92 Å². The minimum Gasteiger partial charge on any atom is -0.481 e. The van der Waals surface area contributed by atoms with Crippen LogP contribution in [0.4, 0.5) is 11.4 Å². The molecule has 0 aliphatic heterocycles. The van der Waals surface area contributed by atoms with Crippen LogP contribution in [-0.4, -0.2) is 22.5 Å². The number of carbonyl (C=O) groups is 1. The van der Waals surface area contributed by atoms with Gasteiger partial charge in [-0.1, -0.05) is 6.92 Å². The normalized spacial score (nSPS) is 11.8. The minimum absolute atomic E-state index is 0.0110. The van der Waals surface area contributed by atoms with E-state index in [0.717, 1.165) is 0 Å². The number of benzene rings is 1. The summed E-state index contributed by atoms with van der Waals surface area (Å²) in [6.07, 6.45) is 0. The van der Waals surface area contributed by atoms with Gasteiger partial charge in [-0.25, -0.2) is 0 Å². The number of anilines is 1. The molecule has 0 saturated heterocycles. The van der Waals surface area contributed by atoms with E-state index >= 15 is 0 Å². The molecule has 0 saturated carbocycles. The summed E-state index contributed by atoms with van der Waals surface area (Å²) in [5, 5.41) is 21.9. The molecule has 0 aliphatic carbocycles. The first-order chi connectivity index (χ1) is 7.50. The Morgan fingerprint density at radius 2 is 2.06 bits per heavy atom. The van der Waals surface area contributed by atoms with Crippen LogP contribution in [0.5, 0.6) is 0 Å². The Kier molecular flexibility index (Phi) is 3.82. The molecule has 6 heteroatoms. The molecule has 0 amide bonds. The molecule has 2 N–H and O–H groups in total. The Morgan fingerprint density at radius 1 is 1.50 bits per heavy atom. The van der Waals surface area contributed by atoms with Gasteiger partial charge < -0.3 is 10.4 Å². The van der Waals surface area contributed by atoms with Crippen molar-refractivity contribution < 1.29 is 14.8 Å².